The van der Waals surface area contributed by atoms with E-state index in [0.29, 0.717) is 10.3 Å². The highest BCUT2D eigenvalue weighted by Gasteiger charge is 2.18. The molecule has 0 radical (unpaired) electrons. The number of hydrogen-bond acceptors (Lipinski definition) is 3. The summed E-state index contributed by atoms with van der Waals surface area (Å²) in [5.74, 6) is -0.0206. The van der Waals surface area contributed by atoms with Gasteiger partial charge >= 0.3 is 0 Å². The summed E-state index contributed by atoms with van der Waals surface area (Å²) >= 11 is 9.16. The van der Waals surface area contributed by atoms with E-state index in [-0.39, 0.29) is 5.69 Å². The molecule has 1 heterocycles. The van der Waals surface area contributed by atoms with Crippen LogP contribution in [0.4, 0.5) is 4.39 Å². The number of rotatable bonds is 2. The van der Waals surface area contributed by atoms with Gasteiger partial charge in [-0.15, -0.1) is 16.7 Å². The van der Waals surface area contributed by atoms with Gasteiger partial charge in [0.15, 0.2) is 5.82 Å². The number of hydrogen-bond donors (Lipinski definition) is 0. The van der Waals surface area contributed by atoms with Crippen LogP contribution in [0.1, 0.15) is 18.1 Å². The molecule has 1 aromatic heterocycles. The lowest BCUT2D eigenvalue weighted by atomic mass is 10.3. The molecule has 0 aliphatic carbocycles. The fraction of sp³-hybridized carbons (Fsp3) is 0.222. The summed E-state index contributed by atoms with van der Waals surface area (Å²) < 4.78 is 15.5. The highest BCUT2D eigenvalue weighted by atomic mass is 79.9. The number of benzene rings is 1. The molecule has 0 N–H and O–H groups in total. The van der Waals surface area contributed by atoms with Crippen molar-refractivity contribution in [3.63, 3.8) is 0 Å². The number of aromatic nitrogens is 4. The molecule has 1 unspecified atom stereocenters. The monoisotopic (exact) mass is 304 g/mol. The fourth-order valence-corrected chi connectivity index (χ4v) is 1.94. The Morgan fingerprint density at radius 2 is 2.25 bits per heavy atom. The lowest BCUT2D eigenvalue weighted by Crippen LogP contribution is -2.06. The molecule has 2 rings (SSSR count). The maximum atomic E-state index is 13.7. The van der Waals surface area contributed by atoms with Crippen molar-refractivity contribution in [2.45, 2.75) is 12.3 Å². The Bertz CT molecular complexity index is 494. The highest BCUT2D eigenvalue weighted by Crippen LogP contribution is 2.26. The average Bonchev–Trinajstić information content (AvgIpc) is 2.66. The third kappa shape index (κ3) is 1.94. The second-order valence-corrected chi connectivity index (χ2v) is 4.64. The number of alkyl halides is 1. The van der Waals surface area contributed by atoms with E-state index in [2.05, 4.69) is 31.5 Å². The van der Waals surface area contributed by atoms with Gasteiger partial charge in [-0.05, 0) is 45.4 Å². The van der Waals surface area contributed by atoms with Crippen molar-refractivity contribution in [3.8, 4) is 5.69 Å². The quantitative estimate of drug-likeness (QED) is 0.801. The molecular formula is C9H7BrClFN4. The molecule has 2 aromatic rings. The van der Waals surface area contributed by atoms with Crippen LogP contribution in [0.5, 0.6) is 0 Å². The molecule has 0 fully saturated rings. The Morgan fingerprint density at radius 1 is 1.50 bits per heavy atom. The normalized spacial score (nSPS) is 12.8. The van der Waals surface area contributed by atoms with E-state index in [1.807, 2.05) is 0 Å². The lowest BCUT2D eigenvalue weighted by molar-refractivity contribution is 0.600. The van der Waals surface area contributed by atoms with Crippen molar-refractivity contribution in [2.24, 2.45) is 0 Å². The van der Waals surface area contributed by atoms with E-state index in [1.54, 1.807) is 19.1 Å². The summed E-state index contributed by atoms with van der Waals surface area (Å²) in [6.07, 6.45) is 0. The summed E-state index contributed by atoms with van der Waals surface area (Å²) in [5, 5.41) is 10.6. The number of tetrazole rings is 1. The van der Waals surface area contributed by atoms with Gasteiger partial charge in [-0.25, -0.2) is 4.39 Å². The topological polar surface area (TPSA) is 43.6 Å². The first-order chi connectivity index (χ1) is 7.61. The van der Waals surface area contributed by atoms with Crippen molar-refractivity contribution in [3.05, 3.63) is 34.3 Å². The first-order valence-corrected chi connectivity index (χ1v) is 5.71. The Labute approximate surface area is 105 Å². The van der Waals surface area contributed by atoms with Gasteiger partial charge < -0.3 is 0 Å². The smallest absolute Gasteiger partial charge is 0.174 e. The number of para-hydroxylation sites is 1. The molecule has 1 atom stereocenters. The molecular weight excluding hydrogens is 298 g/mol. The van der Waals surface area contributed by atoms with Crippen LogP contribution in [0.25, 0.3) is 5.69 Å². The highest BCUT2D eigenvalue weighted by molar-refractivity contribution is 9.10. The van der Waals surface area contributed by atoms with Crippen LogP contribution in [0, 0.1) is 5.82 Å². The molecule has 0 saturated carbocycles. The third-order valence-electron chi connectivity index (χ3n) is 2.00. The summed E-state index contributed by atoms with van der Waals surface area (Å²) in [7, 11) is 0. The maximum Gasteiger partial charge on any atom is 0.174 e. The Morgan fingerprint density at radius 3 is 2.88 bits per heavy atom. The summed E-state index contributed by atoms with van der Waals surface area (Å²) in [6, 6.07) is 4.64. The average molecular weight is 306 g/mol. The predicted octanol–water partition coefficient (Wildman–Crippen LogP) is 2.86. The minimum atomic E-state index is -0.416. The second kappa shape index (κ2) is 4.47. The van der Waals surface area contributed by atoms with Crippen molar-refractivity contribution < 1.29 is 4.39 Å². The van der Waals surface area contributed by atoms with Crippen LogP contribution >= 0.6 is 27.5 Å². The molecule has 0 bridgehead atoms. The third-order valence-corrected chi connectivity index (χ3v) is 2.83. The number of halogens is 3. The molecule has 0 aliphatic rings. The van der Waals surface area contributed by atoms with Crippen molar-refractivity contribution >= 4 is 27.5 Å². The fourth-order valence-electron chi connectivity index (χ4n) is 1.29. The largest absolute Gasteiger partial charge is 0.205 e. The van der Waals surface area contributed by atoms with Gasteiger partial charge in [0, 0.05) is 4.47 Å². The summed E-state index contributed by atoms with van der Waals surface area (Å²) in [5.41, 5.74) is 0.259. The molecule has 16 heavy (non-hydrogen) atoms. The molecule has 0 amide bonds. The molecule has 0 aliphatic heterocycles. The number of nitrogens with zero attached hydrogens (tertiary/aromatic N) is 4. The molecule has 0 spiro atoms. The van der Waals surface area contributed by atoms with Crippen LogP contribution in [-0.2, 0) is 0 Å². The van der Waals surface area contributed by atoms with Gasteiger partial charge in [-0.1, -0.05) is 6.07 Å². The first-order valence-electron chi connectivity index (χ1n) is 4.48. The zero-order valence-electron chi connectivity index (χ0n) is 8.23. The van der Waals surface area contributed by atoms with E-state index < -0.39 is 11.2 Å². The zero-order chi connectivity index (χ0) is 11.7. The lowest BCUT2D eigenvalue weighted by Gasteiger charge is -2.08. The van der Waals surface area contributed by atoms with Crippen LogP contribution in [0.3, 0.4) is 0 Å². The molecule has 84 valence electrons. The van der Waals surface area contributed by atoms with E-state index in [4.69, 9.17) is 11.6 Å². The molecule has 4 nitrogen and oxygen atoms in total. The van der Waals surface area contributed by atoms with Crippen LogP contribution < -0.4 is 0 Å². The maximum absolute atomic E-state index is 13.7. The summed E-state index contributed by atoms with van der Waals surface area (Å²) in [6.45, 7) is 1.72. The van der Waals surface area contributed by atoms with Crippen molar-refractivity contribution in [1.82, 2.24) is 20.2 Å². The Hall–Kier alpha value is -1.01. The van der Waals surface area contributed by atoms with Gasteiger partial charge in [-0.2, -0.15) is 4.68 Å². The van der Waals surface area contributed by atoms with Crippen molar-refractivity contribution in [1.29, 1.82) is 0 Å². The van der Waals surface area contributed by atoms with E-state index in [0.717, 1.165) is 0 Å². The van der Waals surface area contributed by atoms with Crippen molar-refractivity contribution in [2.75, 3.05) is 0 Å². The molecule has 0 saturated heterocycles. The van der Waals surface area contributed by atoms with Gasteiger partial charge in [0.2, 0.25) is 0 Å². The SMILES string of the molecule is CC(Cl)c1nnnn1-c1c(F)cccc1Br. The Balaban J connectivity index is 2.63. The molecule has 7 heteroatoms. The van der Waals surface area contributed by atoms with E-state index >= 15 is 0 Å². The minimum Gasteiger partial charge on any atom is -0.205 e. The molecule has 1 aromatic carbocycles. The minimum absolute atomic E-state index is 0.259. The Kier molecular flexibility index (Phi) is 3.20. The van der Waals surface area contributed by atoms with Crippen LogP contribution in [-0.4, -0.2) is 20.2 Å². The second-order valence-electron chi connectivity index (χ2n) is 3.14. The van der Waals surface area contributed by atoms with Gasteiger partial charge in [0.05, 0.1) is 5.38 Å². The van der Waals surface area contributed by atoms with Gasteiger partial charge in [-0.3, -0.25) is 0 Å². The van der Waals surface area contributed by atoms with Gasteiger partial charge in [0.25, 0.3) is 0 Å². The van der Waals surface area contributed by atoms with Crippen LogP contribution in [0.2, 0.25) is 0 Å². The van der Waals surface area contributed by atoms with E-state index in [9.17, 15) is 4.39 Å². The van der Waals surface area contributed by atoms with Gasteiger partial charge in [0.1, 0.15) is 11.5 Å². The van der Waals surface area contributed by atoms with E-state index in [1.165, 1.54) is 10.7 Å². The summed E-state index contributed by atoms with van der Waals surface area (Å²) in [4.78, 5) is 0. The first kappa shape index (κ1) is 11.5. The predicted molar refractivity (Wildman–Crippen MR) is 61.1 cm³/mol. The van der Waals surface area contributed by atoms with Crippen LogP contribution in [0.15, 0.2) is 22.7 Å². The zero-order valence-corrected chi connectivity index (χ0v) is 10.6. The standard InChI is InChI=1S/C9H7BrClFN4/c1-5(11)9-13-14-15-16(9)8-6(10)3-2-4-7(8)12/h2-5H,1H3.